The molecule has 1 aliphatic heterocycles. The topological polar surface area (TPSA) is 78.5 Å². The number of hydrazine groups is 1. The zero-order valence-corrected chi connectivity index (χ0v) is 14.1. The SMILES string of the molecule is O=C(NNC1CC(=O)N(c2ccccc2)C1=O)c1cccc(Br)c1. The second-order valence-electron chi connectivity index (χ2n) is 5.27. The molecule has 0 radical (unpaired) electrons. The number of amides is 3. The number of benzene rings is 2. The predicted molar refractivity (Wildman–Crippen MR) is 92.1 cm³/mol. The average molecular weight is 388 g/mol. The fourth-order valence-corrected chi connectivity index (χ4v) is 2.85. The molecule has 0 aromatic heterocycles. The highest BCUT2D eigenvalue weighted by molar-refractivity contribution is 9.10. The third kappa shape index (κ3) is 3.37. The minimum absolute atomic E-state index is 0.00745. The summed E-state index contributed by atoms with van der Waals surface area (Å²) in [5.74, 6) is -1.07. The Morgan fingerprint density at radius 1 is 1.08 bits per heavy atom. The van der Waals surface area contributed by atoms with E-state index in [2.05, 4.69) is 26.8 Å². The van der Waals surface area contributed by atoms with Gasteiger partial charge in [0, 0.05) is 10.0 Å². The van der Waals surface area contributed by atoms with Crippen LogP contribution in [0.5, 0.6) is 0 Å². The fraction of sp³-hybridized carbons (Fsp3) is 0.118. The molecule has 1 atom stereocenters. The Morgan fingerprint density at radius 2 is 1.83 bits per heavy atom. The predicted octanol–water partition coefficient (Wildman–Crippen LogP) is 2.02. The molecule has 1 saturated heterocycles. The summed E-state index contributed by atoms with van der Waals surface area (Å²) in [5.41, 5.74) is 6.10. The number of rotatable bonds is 4. The molecule has 0 saturated carbocycles. The van der Waals surface area contributed by atoms with Crippen molar-refractivity contribution in [2.24, 2.45) is 0 Å². The van der Waals surface area contributed by atoms with Gasteiger partial charge in [0.1, 0.15) is 6.04 Å². The molecule has 24 heavy (non-hydrogen) atoms. The number of halogens is 1. The smallest absolute Gasteiger partial charge is 0.265 e. The van der Waals surface area contributed by atoms with Gasteiger partial charge in [-0.15, -0.1) is 0 Å². The molecule has 1 unspecified atom stereocenters. The molecule has 3 amide bonds. The van der Waals surface area contributed by atoms with E-state index < -0.39 is 6.04 Å². The Balaban J connectivity index is 1.65. The van der Waals surface area contributed by atoms with E-state index in [1.54, 1.807) is 48.5 Å². The molecule has 3 rings (SSSR count). The first kappa shape index (κ1) is 16.4. The summed E-state index contributed by atoms with van der Waals surface area (Å²) in [6, 6.07) is 14.8. The summed E-state index contributed by atoms with van der Waals surface area (Å²) >= 11 is 3.29. The lowest BCUT2D eigenvalue weighted by Gasteiger charge is -2.15. The molecule has 0 aliphatic carbocycles. The quantitative estimate of drug-likeness (QED) is 0.621. The van der Waals surface area contributed by atoms with Crippen LogP contribution in [0.2, 0.25) is 0 Å². The van der Waals surface area contributed by atoms with Gasteiger partial charge in [0.15, 0.2) is 0 Å². The second-order valence-corrected chi connectivity index (χ2v) is 6.18. The number of carbonyl (C=O) groups is 3. The van der Waals surface area contributed by atoms with Crippen LogP contribution in [0.3, 0.4) is 0 Å². The van der Waals surface area contributed by atoms with E-state index in [1.165, 1.54) is 0 Å². The Bertz CT molecular complexity index is 795. The van der Waals surface area contributed by atoms with E-state index in [9.17, 15) is 14.4 Å². The Morgan fingerprint density at radius 3 is 2.54 bits per heavy atom. The number of carbonyl (C=O) groups excluding carboxylic acids is 3. The van der Waals surface area contributed by atoms with Gasteiger partial charge in [-0.2, -0.15) is 0 Å². The molecule has 2 N–H and O–H groups in total. The minimum Gasteiger partial charge on any atom is -0.287 e. The van der Waals surface area contributed by atoms with Crippen LogP contribution in [-0.2, 0) is 9.59 Å². The lowest BCUT2D eigenvalue weighted by molar-refractivity contribution is -0.121. The molecule has 2 aromatic rings. The van der Waals surface area contributed by atoms with Crippen molar-refractivity contribution in [3.05, 3.63) is 64.6 Å². The van der Waals surface area contributed by atoms with Crippen molar-refractivity contribution in [3.8, 4) is 0 Å². The standard InChI is InChI=1S/C17H14BrN3O3/c18-12-6-4-5-11(9-12)16(23)20-19-14-10-15(22)21(17(14)24)13-7-2-1-3-8-13/h1-9,14,19H,10H2,(H,20,23). The molecule has 122 valence electrons. The van der Waals surface area contributed by atoms with Crippen LogP contribution in [0.25, 0.3) is 0 Å². The van der Waals surface area contributed by atoms with Gasteiger partial charge in [-0.1, -0.05) is 40.2 Å². The normalized spacial score (nSPS) is 17.2. The molecular formula is C17H14BrN3O3. The number of imide groups is 1. The summed E-state index contributed by atoms with van der Waals surface area (Å²) in [7, 11) is 0. The van der Waals surface area contributed by atoms with Crippen LogP contribution >= 0.6 is 15.9 Å². The van der Waals surface area contributed by atoms with E-state index in [-0.39, 0.29) is 24.1 Å². The molecule has 0 bridgehead atoms. The van der Waals surface area contributed by atoms with E-state index in [4.69, 9.17) is 0 Å². The summed E-state index contributed by atoms with van der Waals surface area (Å²) in [6.45, 7) is 0. The van der Waals surface area contributed by atoms with Gasteiger partial charge in [0.05, 0.1) is 12.1 Å². The van der Waals surface area contributed by atoms with Gasteiger partial charge in [-0.3, -0.25) is 19.8 Å². The second kappa shape index (κ2) is 6.94. The van der Waals surface area contributed by atoms with Gasteiger partial charge in [-0.05, 0) is 30.3 Å². The number of nitrogens with zero attached hydrogens (tertiary/aromatic N) is 1. The maximum absolute atomic E-state index is 12.4. The molecule has 1 heterocycles. The minimum atomic E-state index is -0.784. The first-order valence-electron chi connectivity index (χ1n) is 7.29. The first-order chi connectivity index (χ1) is 11.6. The first-order valence-corrected chi connectivity index (χ1v) is 8.09. The van der Waals surface area contributed by atoms with Crippen molar-refractivity contribution in [1.82, 2.24) is 10.9 Å². The van der Waals surface area contributed by atoms with Crippen LogP contribution in [0.15, 0.2) is 59.1 Å². The van der Waals surface area contributed by atoms with Crippen LogP contribution in [0.1, 0.15) is 16.8 Å². The van der Waals surface area contributed by atoms with Gasteiger partial charge in [-0.25, -0.2) is 10.3 Å². The maximum Gasteiger partial charge on any atom is 0.265 e. The molecule has 0 spiro atoms. The van der Waals surface area contributed by atoms with Crippen molar-refractivity contribution >= 4 is 39.3 Å². The molecule has 6 nitrogen and oxygen atoms in total. The average Bonchev–Trinajstić information content (AvgIpc) is 2.87. The molecular weight excluding hydrogens is 374 g/mol. The Hall–Kier alpha value is -2.51. The van der Waals surface area contributed by atoms with Gasteiger partial charge >= 0.3 is 0 Å². The van der Waals surface area contributed by atoms with Crippen molar-refractivity contribution < 1.29 is 14.4 Å². The summed E-state index contributed by atoms with van der Waals surface area (Å²) in [4.78, 5) is 37.7. The van der Waals surface area contributed by atoms with Crippen LogP contribution in [-0.4, -0.2) is 23.8 Å². The van der Waals surface area contributed by atoms with Crippen LogP contribution in [0.4, 0.5) is 5.69 Å². The van der Waals surface area contributed by atoms with Crippen molar-refractivity contribution in [2.45, 2.75) is 12.5 Å². The van der Waals surface area contributed by atoms with E-state index >= 15 is 0 Å². The third-order valence-electron chi connectivity index (χ3n) is 3.61. The third-order valence-corrected chi connectivity index (χ3v) is 4.10. The monoisotopic (exact) mass is 387 g/mol. The van der Waals surface area contributed by atoms with Crippen molar-refractivity contribution in [3.63, 3.8) is 0 Å². The number of hydrogen-bond acceptors (Lipinski definition) is 4. The maximum atomic E-state index is 12.4. The highest BCUT2D eigenvalue weighted by atomic mass is 79.9. The van der Waals surface area contributed by atoms with Gasteiger partial charge < -0.3 is 0 Å². The fourth-order valence-electron chi connectivity index (χ4n) is 2.45. The van der Waals surface area contributed by atoms with E-state index in [0.717, 1.165) is 9.37 Å². The highest BCUT2D eigenvalue weighted by Crippen LogP contribution is 2.22. The lowest BCUT2D eigenvalue weighted by atomic mass is 10.2. The van der Waals surface area contributed by atoms with E-state index in [1.807, 2.05) is 6.07 Å². The van der Waals surface area contributed by atoms with Gasteiger partial charge in [0.25, 0.3) is 11.8 Å². The molecule has 1 fully saturated rings. The zero-order chi connectivity index (χ0) is 17.1. The number of hydrogen-bond donors (Lipinski definition) is 2. The Kier molecular flexibility index (Phi) is 4.73. The summed E-state index contributed by atoms with van der Waals surface area (Å²) in [5, 5.41) is 0. The number of anilines is 1. The van der Waals surface area contributed by atoms with Crippen LogP contribution < -0.4 is 15.8 Å². The number of para-hydroxylation sites is 1. The van der Waals surface area contributed by atoms with Crippen molar-refractivity contribution in [2.75, 3.05) is 4.90 Å². The highest BCUT2D eigenvalue weighted by Gasteiger charge is 2.39. The van der Waals surface area contributed by atoms with Crippen LogP contribution in [0, 0.1) is 0 Å². The molecule has 7 heteroatoms. The Labute approximate surface area is 146 Å². The number of nitrogens with one attached hydrogen (secondary N) is 2. The zero-order valence-electron chi connectivity index (χ0n) is 12.5. The van der Waals surface area contributed by atoms with E-state index in [0.29, 0.717) is 11.3 Å². The molecule has 1 aliphatic rings. The molecule has 2 aromatic carbocycles. The largest absolute Gasteiger partial charge is 0.287 e. The van der Waals surface area contributed by atoms with Crippen molar-refractivity contribution in [1.29, 1.82) is 0 Å². The van der Waals surface area contributed by atoms with Gasteiger partial charge in [0.2, 0.25) is 5.91 Å². The lowest BCUT2D eigenvalue weighted by Crippen LogP contribution is -2.48. The summed E-state index contributed by atoms with van der Waals surface area (Å²) in [6.07, 6.45) is -0.00745. The summed E-state index contributed by atoms with van der Waals surface area (Å²) < 4.78 is 0.775.